The number of amides is 1. The van der Waals surface area contributed by atoms with Crippen LogP contribution in [0.5, 0.6) is 5.75 Å². The van der Waals surface area contributed by atoms with E-state index in [1.807, 2.05) is 50.4 Å². The smallest absolute Gasteiger partial charge is 0.270 e. The lowest BCUT2D eigenvalue weighted by atomic mass is 10.1. The van der Waals surface area contributed by atoms with E-state index in [1.54, 1.807) is 4.40 Å². The van der Waals surface area contributed by atoms with Gasteiger partial charge in [-0.3, -0.25) is 9.20 Å². The van der Waals surface area contributed by atoms with Gasteiger partial charge in [0.1, 0.15) is 5.69 Å². The first kappa shape index (κ1) is 16.1. The van der Waals surface area contributed by atoms with Crippen molar-refractivity contribution < 1.29 is 9.53 Å². The van der Waals surface area contributed by atoms with Crippen LogP contribution < -0.4 is 10.1 Å². The largest absolute Gasteiger partial charge is 0.490 e. The Labute approximate surface area is 141 Å². The third kappa shape index (κ3) is 3.25. The lowest BCUT2D eigenvalue weighted by Crippen LogP contribution is -2.27. The maximum atomic E-state index is 12.6. The highest BCUT2D eigenvalue weighted by molar-refractivity contribution is 5.95. The lowest BCUT2D eigenvalue weighted by Gasteiger charge is -2.07. The summed E-state index contributed by atoms with van der Waals surface area (Å²) in [6.07, 6.45) is 2.64. The fourth-order valence-electron chi connectivity index (χ4n) is 2.75. The summed E-state index contributed by atoms with van der Waals surface area (Å²) < 4.78 is 7.38. The van der Waals surface area contributed by atoms with E-state index >= 15 is 0 Å². The number of hydrogen-bond acceptors (Lipinski definition) is 3. The van der Waals surface area contributed by atoms with Crippen molar-refractivity contribution in [2.24, 2.45) is 0 Å². The number of ether oxygens (including phenoxy) is 1. The zero-order valence-electron chi connectivity index (χ0n) is 14.0. The Morgan fingerprint density at radius 1 is 1.21 bits per heavy atom. The van der Waals surface area contributed by atoms with Crippen molar-refractivity contribution in [1.82, 2.24) is 14.7 Å². The molecule has 0 atom stereocenters. The molecule has 0 aliphatic carbocycles. The number of rotatable bonds is 6. The van der Waals surface area contributed by atoms with Crippen molar-refractivity contribution in [3.8, 4) is 5.75 Å². The molecule has 1 N–H and O–H groups in total. The molecule has 0 fully saturated rings. The molecular weight excluding hydrogens is 302 g/mol. The highest BCUT2D eigenvalue weighted by Crippen LogP contribution is 2.22. The number of fused-ring (bicyclic) bond motifs is 1. The molecule has 0 spiro atoms. The van der Waals surface area contributed by atoms with E-state index in [0.29, 0.717) is 35.9 Å². The number of carbonyl (C=O) groups excluding carboxylic acids is 1. The van der Waals surface area contributed by atoms with E-state index < -0.39 is 0 Å². The molecule has 0 unspecified atom stereocenters. The summed E-state index contributed by atoms with van der Waals surface area (Å²) in [5.74, 6) is 0.566. The number of hydrogen-bond donors (Lipinski definition) is 1. The number of pyridine rings is 1. The first-order valence-electron chi connectivity index (χ1n) is 8.13. The van der Waals surface area contributed by atoms with Crippen LogP contribution in [0.1, 0.15) is 28.7 Å². The Balaban J connectivity index is 1.77. The number of aromatic nitrogens is 2. The van der Waals surface area contributed by atoms with E-state index in [0.717, 1.165) is 6.42 Å². The van der Waals surface area contributed by atoms with Gasteiger partial charge in [-0.05, 0) is 38.0 Å². The van der Waals surface area contributed by atoms with Crippen LogP contribution >= 0.6 is 0 Å². The van der Waals surface area contributed by atoms with Crippen molar-refractivity contribution in [1.29, 1.82) is 0 Å². The minimum absolute atomic E-state index is 0.121. The second-order valence-electron chi connectivity index (χ2n) is 5.54. The quantitative estimate of drug-likeness (QED) is 0.758. The van der Waals surface area contributed by atoms with Gasteiger partial charge in [0, 0.05) is 12.7 Å². The van der Waals surface area contributed by atoms with E-state index in [-0.39, 0.29) is 5.91 Å². The highest BCUT2D eigenvalue weighted by atomic mass is 16.5. The van der Waals surface area contributed by atoms with Gasteiger partial charge in [-0.2, -0.15) is 0 Å². The molecule has 0 aliphatic rings. The molecule has 2 aromatic heterocycles. The van der Waals surface area contributed by atoms with Gasteiger partial charge in [-0.25, -0.2) is 4.98 Å². The van der Waals surface area contributed by atoms with E-state index in [9.17, 15) is 4.79 Å². The molecule has 0 radical (unpaired) electrons. The van der Waals surface area contributed by atoms with Gasteiger partial charge < -0.3 is 10.1 Å². The molecule has 24 heavy (non-hydrogen) atoms. The number of benzene rings is 1. The molecule has 1 amide bonds. The molecule has 5 nitrogen and oxygen atoms in total. The van der Waals surface area contributed by atoms with Crippen molar-refractivity contribution in [2.45, 2.75) is 20.3 Å². The molecule has 0 saturated heterocycles. The van der Waals surface area contributed by atoms with E-state index in [4.69, 9.17) is 4.74 Å². The fraction of sp³-hybridized carbons (Fsp3) is 0.263. The third-order valence-corrected chi connectivity index (χ3v) is 3.85. The molecule has 5 heteroatoms. The van der Waals surface area contributed by atoms with Crippen molar-refractivity contribution in [3.05, 3.63) is 65.6 Å². The number of nitrogens with zero attached hydrogens (tertiary/aromatic N) is 2. The van der Waals surface area contributed by atoms with Crippen molar-refractivity contribution in [2.75, 3.05) is 13.2 Å². The maximum absolute atomic E-state index is 12.6. The molecule has 0 bridgehead atoms. The van der Waals surface area contributed by atoms with Gasteiger partial charge in [0.2, 0.25) is 0 Å². The maximum Gasteiger partial charge on any atom is 0.270 e. The van der Waals surface area contributed by atoms with Crippen LogP contribution in [0.3, 0.4) is 0 Å². The summed E-state index contributed by atoms with van der Waals surface area (Å²) in [4.78, 5) is 17.1. The van der Waals surface area contributed by atoms with Crippen molar-refractivity contribution >= 4 is 11.6 Å². The average Bonchev–Trinajstić information content (AvgIpc) is 2.93. The summed E-state index contributed by atoms with van der Waals surface area (Å²) in [6.45, 7) is 4.91. The van der Waals surface area contributed by atoms with Gasteiger partial charge in [0.05, 0.1) is 12.3 Å². The predicted octanol–water partition coefficient (Wildman–Crippen LogP) is 3.01. The van der Waals surface area contributed by atoms with Crippen molar-refractivity contribution in [3.63, 3.8) is 0 Å². The average molecular weight is 323 g/mol. The van der Waals surface area contributed by atoms with Crippen LogP contribution in [0.4, 0.5) is 0 Å². The minimum atomic E-state index is -0.121. The van der Waals surface area contributed by atoms with Crippen LogP contribution in [0.2, 0.25) is 0 Å². The Morgan fingerprint density at radius 3 is 2.75 bits per heavy atom. The molecule has 0 saturated carbocycles. The number of carbonyl (C=O) groups is 1. The van der Waals surface area contributed by atoms with Gasteiger partial charge in [0.15, 0.2) is 11.4 Å². The van der Waals surface area contributed by atoms with E-state index in [1.165, 1.54) is 5.56 Å². The van der Waals surface area contributed by atoms with Gasteiger partial charge in [0.25, 0.3) is 5.91 Å². The summed E-state index contributed by atoms with van der Waals surface area (Å²) in [7, 11) is 0. The Bertz CT molecular complexity index is 840. The summed E-state index contributed by atoms with van der Waals surface area (Å²) in [6, 6.07) is 13.8. The number of imidazole rings is 1. The standard InChI is InChI=1S/C19H21N3O2/c1-3-24-16-10-7-13-22-17(14(2)21-18(16)22)19(23)20-12-11-15-8-5-4-6-9-15/h4-10,13H,3,11-12H2,1-2H3,(H,20,23). The molecule has 124 valence electrons. The van der Waals surface area contributed by atoms with Crippen LogP contribution in [0.25, 0.3) is 5.65 Å². The van der Waals surface area contributed by atoms with Crippen LogP contribution in [-0.2, 0) is 6.42 Å². The first-order chi connectivity index (χ1) is 11.7. The van der Waals surface area contributed by atoms with Gasteiger partial charge in [-0.1, -0.05) is 30.3 Å². The van der Waals surface area contributed by atoms with Gasteiger partial charge in [-0.15, -0.1) is 0 Å². The third-order valence-electron chi connectivity index (χ3n) is 3.85. The number of nitrogens with one attached hydrogen (secondary N) is 1. The van der Waals surface area contributed by atoms with Crippen LogP contribution in [0, 0.1) is 6.92 Å². The van der Waals surface area contributed by atoms with Crippen LogP contribution in [-0.4, -0.2) is 28.4 Å². The van der Waals surface area contributed by atoms with E-state index in [2.05, 4.69) is 22.4 Å². The molecular formula is C19H21N3O2. The zero-order valence-corrected chi connectivity index (χ0v) is 14.0. The fourth-order valence-corrected chi connectivity index (χ4v) is 2.75. The summed E-state index contributed by atoms with van der Waals surface area (Å²) in [5, 5.41) is 2.98. The molecule has 1 aromatic carbocycles. The normalized spacial score (nSPS) is 10.8. The SMILES string of the molecule is CCOc1cccn2c(C(=O)NCCc3ccccc3)c(C)nc12. The molecule has 3 aromatic rings. The Hall–Kier alpha value is -2.82. The topological polar surface area (TPSA) is 55.6 Å². The highest BCUT2D eigenvalue weighted by Gasteiger charge is 2.18. The van der Waals surface area contributed by atoms with Gasteiger partial charge >= 0.3 is 0 Å². The second-order valence-corrected chi connectivity index (χ2v) is 5.54. The van der Waals surface area contributed by atoms with Crippen LogP contribution in [0.15, 0.2) is 48.7 Å². The summed E-state index contributed by atoms with van der Waals surface area (Å²) >= 11 is 0. The Kier molecular flexibility index (Phi) is 4.79. The minimum Gasteiger partial charge on any atom is -0.490 e. The molecule has 0 aliphatic heterocycles. The Morgan fingerprint density at radius 2 is 2.00 bits per heavy atom. The lowest BCUT2D eigenvalue weighted by molar-refractivity contribution is 0.0947. The zero-order chi connectivity index (χ0) is 16.9. The number of aryl methyl sites for hydroxylation is 1. The summed E-state index contributed by atoms with van der Waals surface area (Å²) in [5.41, 5.74) is 3.12. The first-order valence-corrected chi connectivity index (χ1v) is 8.13. The molecule has 3 rings (SSSR count). The predicted molar refractivity (Wildman–Crippen MR) is 93.6 cm³/mol. The second kappa shape index (κ2) is 7.17. The monoisotopic (exact) mass is 323 g/mol. The molecule has 2 heterocycles.